The van der Waals surface area contributed by atoms with Crippen molar-refractivity contribution in [3.63, 3.8) is 0 Å². The second-order valence-corrected chi connectivity index (χ2v) is 6.49. The predicted molar refractivity (Wildman–Crippen MR) is 111 cm³/mol. The minimum Gasteiger partial charge on any atom is -0.493 e. The first-order chi connectivity index (χ1) is 13.7. The van der Waals surface area contributed by atoms with E-state index in [-0.39, 0.29) is 0 Å². The van der Waals surface area contributed by atoms with E-state index >= 15 is 0 Å². The predicted octanol–water partition coefficient (Wildman–Crippen LogP) is 4.93. The van der Waals surface area contributed by atoms with Crippen LogP contribution in [0.1, 0.15) is 0 Å². The third-order valence-corrected chi connectivity index (χ3v) is 4.88. The molecule has 0 fully saturated rings. The maximum absolute atomic E-state index is 5.48. The Hall–Kier alpha value is -3.47. The number of nitrogens with zero attached hydrogens (tertiary/aromatic N) is 2. The number of para-hydroxylation sites is 1. The molecule has 0 saturated heterocycles. The van der Waals surface area contributed by atoms with Crippen LogP contribution in [0, 0.1) is 0 Å². The van der Waals surface area contributed by atoms with Gasteiger partial charge in [-0.05, 0) is 30.3 Å². The molecule has 2 heterocycles. The van der Waals surface area contributed by atoms with Crippen LogP contribution in [0.5, 0.6) is 17.2 Å². The van der Waals surface area contributed by atoms with E-state index in [1.807, 2.05) is 36.4 Å². The Kier molecular flexibility index (Phi) is 4.65. The van der Waals surface area contributed by atoms with Crippen LogP contribution in [0.15, 0.2) is 60.8 Å². The smallest absolute Gasteiger partial charge is 0.203 e. The minimum atomic E-state index is 0.568. The number of methoxy groups -OCH3 is 3. The molecule has 0 amide bonds. The molecule has 4 rings (SSSR count). The molecule has 0 radical (unpaired) electrons. The van der Waals surface area contributed by atoms with Gasteiger partial charge in [0.25, 0.3) is 0 Å². The van der Waals surface area contributed by atoms with Gasteiger partial charge in [0, 0.05) is 35.3 Å². The van der Waals surface area contributed by atoms with Crippen molar-refractivity contribution in [3.05, 3.63) is 60.8 Å². The molecule has 0 unspecified atom stereocenters. The topological polar surface area (TPSA) is 45.5 Å². The molecule has 0 atom stereocenters. The van der Waals surface area contributed by atoms with Crippen molar-refractivity contribution in [2.24, 2.45) is 7.05 Å². The number of aryl methyl sites for hydroxylation is 1. The number of hydrogen-bond donors (Lipinski definition) is 0. The highest BCUT2D eigenvalue weighted by Crippen LogP contribution is 2.41. The fraction of sp³-hybridized carbons (Fsp3) is 0.174. The first-order valence-electron chi connectivity index (χ1n) is 8.98. The second kappa shape index (κ2) is 7.27. The lowest BCUT2D eigenvalue weighted by molar-refractivity contribution is 0.324. The Morgan fingerprint density at radius 2 is 1.46 bits per heavy atom. The lowest BCUT2D eigenvalue weighted by atomic mass is 10.1. The average molecular weight is 374 g/mol. The second-order valence-electron chi connectivity index (χ2n) is 6.49. The summed E-state index contributed by atoms with van der Waals surface area (Å²) in [5.41, 5.74) is 4.94. The molecule has 0 aliphatic carbocycles. The largest absolute Gasteiger partial charge is 0.493 e. The van der Waals surface area contributed by atoms with Gasteiger partial charge in [-0.25, -0.2) is 4.98 Å². The lowest BCUT2D eigenvalue weighted by Gasteiger charge is -2.14. The number of aromatic nitrogens is 2. The van der Waals surface area contributed by atoms with Gasteiger partial charge in [-0.15, -0.1) is 0 Å². The van der Waals surface area contributed by atoms with Crippen molar-refractivity contribution in [2.75, 3.05) is 21.3 Å². The van der Waals surface area contributed by atoms with Gasteiger partial charge in [-0.2, -0.15) is 0 Å². The summed E-state index contributed by atoms with van der Waals surface area (Å²) in [6.45, 7) is 0. The van der Waals surface area contributed by atoms with Crippen LogP contribution in [0.3, 0.4) is 0 Å². The molecule has 0 aliphatic heterocycles. The molecule has 0 bridgehead atoms. The van der Waals surface area contributed by atoms with Gasteiger partial charge >= 0.3 is 0 Å². The fourth-order valence-corrected chi connectivity index (χ4v) is 3.52. The molecular weight excluding hydrogens is 352 g/mol. The van der Waals surface area contributed by atoms with Gasteiger partial charge in [0.05, 0.1) is 32.7 Å². The zero-order chi connectivity index (χ0) is 19.7. The Balaban J connectivity index is 1.86. The minimum absolute atomic E-state index is 0.568. The summed E-state index contributed by atoms with van der Waals surface area (Å²) >= 11 is 0. The van der Waals surface area contributed by atoms with Gasteiger partial charge < -0.3 is 18.8 Å². The van der Waals surface area contributed by atoms with Crippen LogP contribution in [-0.4, -0.2) is 30.9 Å². The van der Waals surface area contributed by atoms with Crippen LogP contribution < -0.4 is 14.2 Å². The summed E-state index contributed by atoms with van der Waals surface area (Å²) in [4.78, 5) is 4.92. The van der Waals surface area contributed by atoms with Crippen LogP contribution in [0.2, 0.25) is 0 Å². The van der Waals surface area contributed by atoms with Gasteiger partial charge in [0.1, 0.15) is 0 Å². The van der Waals surface area contributed by atoms with Crippen molar-refractivity contribution in [3.8, 4) is 39.8 Å². The average Bonchev–Trinajstić information content (AvgIpc) is 3.09. The number of benzene rings is 2. The lowest BCUT2D eigenvalue weighted by Crippen LogP contribution is -1.96. The quantitative estimate of drug-likeness (QED) is 0.497. The van der Waals surface area contributed by atoms with E-state index in [9.17, 15) is 0 Å². The number of rotatable bonds is 5. The molecule has 28 heavy (non-hydrogen) atoms. The van der Waals surface area contributed by atoms with E-state index in [1.165, 1.54) is 10.9 Å². The maximum Gasteiger partial charge on any atom is 0.203 e. The van der Waals surface area contributed by atoms with E-state index in [1.54, 1.807) is 21.3 Å². The number of hydrogen-bond acceptors (Lipinski definition) is 4. The maximum atomic E-state index is 5.48. The van der Waals surface area contributed by atoms with Crippen LogP contribution >= 0.6 is 0 Å². The van der Waals surface area contributed by atoms with Crippen molar-refractivity contribution >= 4 is 10.9 Å². The summed E-state index contributed by atoms with van der Waals surface area (Å²) in [6, 6.07) is 18.2. The van der Waals surface area contributed by atoms with Crippen molar-refractivity contribution in [2.45, 2.75) is 0 Å². The normalized spacial score (nSPS) is 10.9. The standard InChI is InChI=1S/C23H22N2O3/c1-25-14-17(16-8-5-6-11-20(16)25)19-10-7-9-18(24-19)15-12-21(26-2)23(28-4)22(13-15)27-3/h5-14H,1-4H3. The summed E-state index contributed by atoms with van der Waals surface area (Å²) < 4.78 is 18.5. The third kappa shape index (κ3) is 2.95. The molecule has 5 nitrogen and oxygen atoms in total. The molecule has 2 aromatic heterocycles. The van der Waals surface area contributed by atoms with Gasteiger partial charge in [-0.1, -0.05) is 24.3 Å². The van der Waals surface area contributed by atoms with Crippen molar-refractivity contribution < 1.29 is 14.2 Å². The molecule has 0 aliphatic rings. The molecule has 2 aromatic carbocycles. The molecule has 0 spiro atoms. The molecule has 5 heteroatoms. The molecule has 0 N–H and O–H groups in total. The van der Waals surface area contributed by atoms with E-state index in [2.05, 4.69) is 36.0 Å². The first kappa shape index (κ1) is 17.9. The summed E-state index contributed by atoms with van der Waals surface area (Å²) in [7, 11) is 6.87. The zero-order valence-electron chi connectivity index (χ0n) is 16.4. The van der Waals surface area contributed by atoms with E-state index < -0.39 is 0 Å². The highest BCUT2D eigenvalue weighted by Gasteiger charge is 2.16. The fourth-order valence-electron chi connectivity index (χ4n) is 3.52. The highest BCUT2D eigenvalue weighted by molar-refractivity contribution is 5.95. The number of pyridine rings is 1. The Morgan fingerprint density at radius 1 is 0.786 bits per heavy atom. The van der Waals surface area contributed by atoms with E-state index in [0.29, 0.717) is 17.2 Å². The Bertz CT molecular complexity index is 1120. The van der Waals surface area contributed by atoms with Crippen molar-refractivity contribution in [1.82, 2.24) is 9.55 Å². The molecular formula is C23H22N2O3. The van der Waals surface area contributed by atoms with Gasteiger partial charge in [-0.3, -0.25) is 0 Å². The SMILES string of the molecule is COc1cc(-c2cccc(-c3cn(C)c4ccccc34)n2)cc(OC)c1OC. The summed E-state index contributed by atoms with van der Waals surface area (Å²) in [5.74, 6) is 1.78. The van der Waals surface area contributed by atoms with E-state index in [0.717, 1.165) is 22.5 Å². The zero-order valence-corrected chi connectivity index (χ0v) is 16.4. The monoisotopic (exact) mass is 374 g/mol. The Labute approximate surface area is 164 Å². The molecule has 4 aromatic rings. The van der Waals surface area contributed by atoms with Crippen molar-refractivity contribution in [1.29, 1.82) is 0 Å². The first-order valence-corrected chi connectivity index (χ1v) is 8.98. The van der Waals surface area contributed by atoms with Crippen LogP contribution in [-0.2, 0) is 7.05 Å². The number of ether oxygens (including phenoxy) is 3. The highest BCUT2D eigenvalue weighted by atomic mass is 16.5. The Morgan fingerprint density at radius 3 is 2.14 bits per heavy atom. The molecule has 142 valence electrons. The molecule has 0 saturated carbocycles. The van der Waals surface area contributed by atoms with Gasteiger partial charge in [0.15, 0.2) is 11.5 Å². The van der Waals surface area contributed by atoms with Crippen LogP contribution in [0.25, 0.3) is 33.4 Å². The van der Waals surface area contributed by atoms with Gasteiger partial charge in [0.2, 0.25) is 5.75 Å². The summed E-state index contributed by atoms with van der Waals surface area (Å²) in [6.07, 6.45) is 2.12. The van der Waals surface area contributed by atoms with Crippen LogP contribution in [0.4, 0.5) is 0 Å². The van der Waals surface area contributed by atoms with E-state index in [4.69, 9.17) is 19.2 Å². The number of fused-ring (bicyclic) bond motifs is 1. The summed E-state index contributed by atoms with van der Waals surface area (Å²) in [5, 5.41) is 1.18. The third-order valence-electron chi connectivity index (χ3n) is 4.88.